The van der Waals surface area contributed by atoms with Crippen LogP contribution in [0, 0.1) is 0 Å². The third kappa shape index (κ3) is 6.41. The molecule has 5 nitrogen and oxygen atoms in total. The van der Waals surface area contributed by atoms with Gasteiger partial charge in [-0.1, -0.05) is 39.0 Å². The SMILES string of the molecule is CCCCCCCCOC(=O)Cn1cc(N)ccc1=O. The number of anilines is 1. The highest BCUT2D eigenvalue weighted by atomic mass is 16.5. The van der Waals surface area contributed by atoms with Gasteiger partial charge in [-0.15, -0.1) is 0 Å². The summed E-state index contributed by atoms with van der Waals surface area (Å²) >= 11 is 0. The number of nitrogen functional groups attached to an aromatic ring is 1. The summed E-state index contributed by atoms with van der Waals surface area (Å²) < 4.78 is 6.37. The van der Waals surface area contributed by atoms with Crippen LogP contribution in [-0.2, 0) is 16.1 Å². The lowest BCUT2D eigenvalue weighted by atomic mass is 10.1. The zero-order valence-corrected chi connectivity index (χ0v) is 12.1. The van der Waals surface area contributed by atoms with E-state index in [0.29, 0.717) is 12.3 Å². The predicted octanol–water partition coefficient (Wildman–Crippen LogP) is 2.33. The van der Waals surface area contributed by atoms with Gasteiger partial charge in [0.2, 0.25) is 0 Å². The number of nitrogens with two attached hydrogens (primary N) is 1. The van der Waals surface area contributed by atoms with E-state index in [1.165, 1.54) is 48.6 Å². The van der Waals surface area contributed by atoms with Crippen molar-refractivity contribution < 1.29 is 9.53 Å². The summed E-state index contributed by atoms with van der Waals surface area (Å²) in [6.45, 7) is 2.52. The first-order chi connectivity index (χ1) is 9.63. The topological polar surface area (TPSA) is 74.3 Å². The van der Waals surface area contributed by atoms with Gasteiger partial charge in [0.15, 0.2) is 0 Å². The molecule has 0 spiro atoms. The van der Waals surface area contributed by atoms with E-state index < -0.39 is 5.97 Å². The highest BCUT2D eigenvalue weighted by Gasteiger charge is 2.05. The van der Waals surface area contributed by atoms with Crippen molar-refractivity contribution >= 4 is 11.7 Å². The maximum absolute atomic E-state index is 11.6. The number of esters is 1. The number of hydrogen-bond acceptors (Lipinski definition) is 4. The first kappa shape index (κ1) is 16.3. The zero-order valence-electron chi connectivity index (χ0n) is 12.1. The fourth-order valence-electron chi connectivity index (χ4n) is 1.93. The van der Waals surface area contributed by atoms with Gasteiger partial charge in [0, 0.05) is 18.0 Å². The Balaban J connectivity index is 2.20. The summed E-state index contributed by atoms with van der Waals surface area (Å²) in [5.74, 6) is -0.397. The summed E-state index contributed by atoms with van der Waals surface area (Å²) in [7, 11) is 0. The molecule has 20 heavy (non-hydrogen) atoms. The molecule has 0 saturated carbocycles. The van der Waals surface area contributed by atoms with Crippen LogP contribution in [0.4, 0.5) is 5.69 Å². The normalized spacial score (nSPS) is 10.4. The highest BCUT2D eigenvalue weighted by Crippen LogP contribution is 2.05. The third-order valence-corrected chi connectivity index (χ3v) is 3.07. The van der Waals surface area contributed by atoms with Gasteiger partial charge in [0.1, 0.15) is 6.54 Å². The van der Waals surface area contributed by atoms with Gasteiger partial charge in [-0.3, -0.25) is 9.59 Å². The molecule has 0 atom stereocenters. The second kappa shape index (κ2) is 9.18. The Morgan fingerprint density at radius 3 is 2.65 bits per heavy atom. The lowest BCUT2D eigenvalue weighted by molar-refractivity contribution is -0.144. The molecule has 0 aliphatic heterocycles. The maximum Gasteiger partial charge on any atom is 0.326 e. The molecule has 0 aliphatic rings. The second-order valence-electron chi connectivity index (χ2n) is 4.92. The van der Waals surface area contributed by atoms with Gasteiger partial charge in [0.05, 0.1) is 6.61 Å². The summed E-state index contributed by atoms with van der Waals surface area (Å²) in [5, 5.41) is 0. The number of hydrogen-bond donors (Lipinski definition) is 1. The van der Waals surface area contributed by atoms with Crippen LogP contribution in [0.25, 0.3) is 0 Å². The van der Waals surface area contributed by atoms with Crippen molar-refractivity contribution in [2.24, 2.45) is 0 Å². The van der Waals surface area contributed by atoms with E-state index in [9.17, 15) is 9.59 Å². The monoisotopic (exact) mass is 280 g/mol. The highest BCUT2D eigenvalue weighted by molar-refractivity contribution is 5.69. The number of carbonyl (C=O) groups excluding carboxylic acids is 1. The molecule has 0 aliphatic carbocycles. The number of rotatable bonds is 9. The molecule has 1 aromatic heterocycles. The van der Waals surface area contributed by atoms with Crippen LogP contribution in [0.1, 0.15) is 45.4 Å². The van der Waals surface area contributed by atoms with E-state index in [4.69, 9.17) is 10.5 Å². The fourth-order valence-corrected chi connectivity index (χ4v) is 1.93. The molecule has 112 valence electrons. The van der Waals surface area contributed by atoms with Crippen molar-refractivity contribution in [1.82, 2.24) is 4.57 Å². The average Bonchev–Trinajstić information content (AvgIpc) is 2.42. The molecule has 1 rings (SSSR count). The minimum Gasteiger partial charge on any atom is -0.464 e. The number of aromatic nitrogens is 1. The third-order valence-electron chi connectivity index (χ3n) is 3.07. The molecule has 0 radical (unpaired) electrons. The van der Waals surface area contributed by atoms with E-state index in [1.807, 2.05) is 0 Å². The van der Waals surface area contributed by atoms with Crippen LogP contribution in [-0.4, -0.2) is 17.1 Å². The Morgan fingerprint density at radius 1 is 1.20 bits per heavy atom. The van der Waals surface area contributed by atoms with Crippen LogP contribution in [0.5, 0.6) is 0 Å². The molecular formula is C15H24N2O3. The van der Waals surface area contributed by atoms with Crippen LogP contribution < -0.4 is 11.3 Å². The second-order valence-corrected chi connectivity index (χ2v) is 4.92. The quantitative estimate of drug-likeness (QED) is 0.556. The van der Waals surface area contributed by atoms with Crippen molar-refractivity contribution in [2.45, 2.75) is 52.0 Å². The van der Waals surface area contributed by atoms with Crippen LogP contribution in [0.15, 0.2) is 23.1 Å². The minimum atomic E-state index is -0.397. The summed E-state index contributed by atoms with van der Waals surface area (Å²) in [6.07, 6.45) is 8.31. The standard InChI is InChI=1S/C15H24N2O3/c1-2-3-4-5-6-7-10-20-15(19)12-17-11-13(16)8-9-14(17)18/h8-9,11H,2-7,10,12,16H2,1H3. The minimum absolute atomic E-state index is 0.0836. The number of ether oxygens (including phenoxy) is 1. The van der Waals surface area contributed by atoms with E-state index in [0.717, 1.165) is 12.8 Å². The Labute approximate surface area is 119 Å². The molecule has 0 aromatic carbocycles. The predicted molar refractivity (Wildman–Crippen MR) is 79.4 cm³/mol. The van der Waals surface area contributed by atoms with E-state index in [1.54, 1.807) is 0 Å². The number of unbranched alkanes of at least 4 members (excludes halogenated alkanes) is 5. The summed E-state index contributed by atoms with van der Waals surface area (Å²) in [5.41, 5.74) is 5.77. The van der Waals surface area contributed by atoms with E-state index >= 15 is 0 Å². The first-order valence-corrected chi connectivity index (χ1v) is 7.25. The molecule has 2 N–H and O–H groups in total. The lowest BCUT2D eigenvalue weighted by Gasteiger charge is -2.07. The molecular weight excluding hydrogens is 256 g/mol. The van der Waals surface area contributed by atoms with E-state index in [2.05, 4.69) is 6.92 Å². The van der Waals surface area contributed by atoms with Gasteiger partial charge in [-0.2, -0.15) is 0 Å². The van der Waals surface area contributed by atoms with Crippen molar-refractivity contribution in [3.63, 3.8) is 0 Å². The molecule has 1 aromatic rings. The molecule has 0 bridgehead atoms. The Kier molecular flexibility index (Phi) is 7.47. The first-order valence-electron chi connectivity index (χ1n) is 7.25. The smallest absolute Gasteiger partial charge is 0.326 e. The lowest BCUT2D eigenvalue weighted by Crippen LogP contribution is -2.24. The van der Waals surface area contributed by atoms with Crippen molar-refractivity contribution in [3.05, 3.63) is 28.7 Å². The van der Waals surface area contributed by atoms with E-state index in [-0.39, 0.29) is 12.1 Å². The number of pyridine rings is 1. The van der Waals surface area contributed by atoms with Crippen molar-refractivity contribution in [2.75, 3.05) is 12.3 Å². The molecule has 0 amide bonds. The zero-order chi connectivity index (χ0) is 14.8. The van der Waals surface area contributed by atoms with Gasteiger partial charge in [-0.25, -0.2) is 0 Å². The Hall–Kier alpha value is -1.78. The molecule has 0 unspecified atom stereocenters. The Bertz CT molecular complexity index is 468. The van der Waals surface area contributed by atoms with Gasteiger partial charge < -0.3 is 15.0 Å². The van der Waals surface area contributed by atoms with Crippen molar-refractivity contribution in [1.29, 1.82) is 0 Å². The molecule has 0 saturated heterocycles. The van der Waals surface area contributed by atoms with Crippen LogP contribution in [0.2, 0.25) is 0 Å². The van der Waals surface area contributed by atoms with Gasteiger partial charge >= 0.3 is 5.97 Å². The largest absolute Gasteiger partial charge is 0.464 e. The number of carbonyl (C=O) groups is 1. The summed E-state index contributed by atoms with van der Waals surface area (Å²) in [6, 6.07) is 2.86. The Morgan fingerprint density at radius 2 is 1.90 bits per heavy atom. The summed E-state index contributed by atoms with van der Waals surface area (Å²) in [4.78, 5) is 23.1. The fraction of sp³-hybridized carbons (Fsp3) is 0.600. The average molecular weight is 280 g/mol. The van der Waals surface area contributed by atoms with Crippen molar-refractivity contribution in [3.8, 4) is 0 Å². The van der Waals surface area contributed by atoms with Gasteiger partial charge in [0.25, 0.3) is 5.56 Å². The van der Waals surface area contributed by atoms with Crippen LogP contribution in [0.3, 0.4) is 0 Å². The van der Waals surface area contributed by atoms with Crippen LogP contribution >= 0.6 is 0 Å². The maximum atomic E-state index is 11.6. The molecule has 0 fully saturated rings. The molecule has 5 heteroatoms. The number of nitrogens with zero attached hydrogens (tertiary/aromatic N) is 1. The molecule has 1 heterocycles. The van der Waals surface area contributed by atoms with Gasteiger partial charge in [-0.05, 0) is 12.5 Å².